The van der Waals surface area contributed by atoms with E-state index in [4.69, 9.17) is 4.74 Å². The number of hydrogen-bond acceptors (Lipinski definition) is 3. The van der Waals surface area contributed by atoms with Gasteiger partial charge in [0.1, 0.15) is 5.75 Å². The zero-order valence-electron chi connectivity index (χ0n) is 13.5. The van der Waals surface area contributed by atoms with Gasteiger partial charge >= 0.3 is 0 Å². The molecule has 0 aromatic heterocycles. The average molecular weight is 310 g/mol. The average Bonchev–Trinajstić information content (AvgIpc) is 2.98. The molecule has 1 aliphatic rings. The Morgan fingerprint density at radius 3 is 2.43 bits per heavy atom. The summed E-state index contributed by atoms with van der Waals surface area (Å²) in [4.78, 5) is 14.9. The van der Waals surface area contributed by atoms with Gasteiger partial charge in [0.15, 0.2) is 0 Å². The molecule has 2 aromatic carbocycles. The van der Waals surface area contributed by atoms with Crippen LogP contribution < -0.4 is 10.1 Å². The summed E-state index contributed by atoms with van der Waals surface area (Å²) in [5.41, 5.74) is 2.03. The second-order valence-corrected chi connectivity index (χ2v) is 6.06. The van der Waals surface area contributed by atoms with E-state index in [1.807, 2.05) is 42.5 Å². The fourth-order valence-corrected chi connectivity index (χ4v) is 3.21. The fraction of sp³-hybridized carbons (Fsp3) is 0.316. The van der Waals surface area contributed by atoms with E-state index in [1.165, 1.54) is 5.56 Å². The van der Waals surface area contributed by atoms with Crippen LogP contribution in [-0.4, -0.2) is 38.1 Å². The van der Waals surface area contributed by atoms with Crippen molar-refractivity contribution in [2.45, 2.75) is 5.92 Å². The predicted octanol–water partition coefficient (Wildman–Crippen LogP) is 2.98. The van der Waals surface area contributed by atoms with Gasteiger partial charge in [-0.1, -0.05) is 30.3 Å². The number of carbonyl (C=O) groups is 1. The highest BCUT2D eigenvalue weighted by Gasteiger charge is 2.36. The number of anilines is 1. The van der Waals surface area contributed by atoms with E-state index in [-0.39, 0.29) is 17.7 Å². The third-order valence-corrected chi connectivity index (χ3v) is 4.42. The van der Waals surface area contributed by atoms with Crippen molar-refractivity contribution in [3.63, 3.8) is 0 Å². The zero-order valence-corrected chi connectivity index (χ0v) is 13.5. The molecule has 1 fully saturated rings. The summed E-state index contributed by atoms with van der Waals surface area (Å²) in [5, 5.41) is 3.03. The van der Waals surface area contributed by atoms with Gasteiger partial charge in [-0.25, -0.2) is 0 Å². The van der Waals surface area contributed by atoms with Gasteiger partial charge in [-0.05, 0) is 36.9 Å². The Hall–Kier alpha value is -2.33. The molecule has 1 saturated heterocycles. The van der Waals surface area contributed by atoms with Gasteiger partial charge in [0.05, 0.1) is 13.0 Å². The third-order valence-electron chi connectivity index (χ3n) is 4.42. The van der Waals surface area contributed by atoms with E-state index in [1.54, 1.807) is 7.11 Å². The van der Waals surface area contributed by atoms with E-state index in [9.17, 15) is 4.79 Å². The zero-order chi connectivity index (χ0) is 16.2. The normalized spacial score (nSPS) is 21.1. The molecular formula is C19H22N2O2. The number of carbonyl (C=O) groups excluding carboxylic acids is 1. The van der Waals surface area contributed by atoms with Crippen LogP contribution in [0.4, 0.5) is 5.69 Å². The van der Waals surface area contributed by atoms with Crippen LogP contribution in [0, 0.1) is 5.92 Å². The lowest BCUT2D eigenvalue weighted by Gasteiger charge is -2.18. The van der Waals surface area contributed by atoms with Gasteiger partial charge in [-0.15, -0.1) is 0 Å². The number of likely N-dealkylation sites (N-methyl/N-ethyl adjacent to an activating group) is 1. The van der Waals surface area contributed by atoms with Crippen LogP contribution in [0.3, 0.4) is 0 Å². The van der Waals surface area contributed by atoms with Crippen molar-refractivity contribution in [3.05, 3.63) is 60.2 Å². The van der Waals surface area contributed by atoms with Crippen LogP contribution in [0.1, 0.15) is 11.5 Å². The number of rotatable bonds is 4. The van der Waals surface area contributed by atoms with Crippen LogP contribution >= 0.6 is 0 Å². The molecule has 2 aromatic rings. The molecule has 0 unspecified atom stereocenters. The predicted molar refractivity (Wildman–Crippen MR) is 91.8 cm³/mol. The van der Waals surface area contributed by atoms with E-state index in [0.717, 1.165) is 24.5 Å². The van der Waals surface area contributed by atoms with Crippen molar-refractivity contribution in [1.82, 2.24) is 4.90 Å². The first-order chi connectivity index (χ1) is 11.2. The van der Waals surface area contributed by atoms with Gasteiger partial charge in [0, 0.05) is 24.7 Å². The molecule has 4 heteroatoms. The molecule has 1 amide bonds. The third kappa shape index (κ3) is 3.54. The van der Waals surface area contributed by atoms with Crippen molar-refractivity contribution >= 4 is 11.6 Å². The molecular weight excluding hydrogens is 288 g/mol. The number of nitrogens with one attached hydrogen (secondary N) is 1. The first-order valence-electron chi connectivity index (χ1n) is 7.86. The van der Waals surface area contributed by atoms with Gasteiger partial charge in [0.25, 0.3) is 0 Å². The van der Waals surface area contributed by atoms with E-state index >= 15 is 0 Å². The molecule has 3 rings (SSSR count). The Morgan fingerprint density at radius 2 is 1.78 bits per heavy atom. The summed E-state index contributed by atoms with van der Waals surface area (Å²) in [6.45, 7) is 1.69. The molecule has 0 bridgehead atoms. The molecule has 0 spiro atoms. The lowest BCUT2D eigenvalue weighted by molar-refractivity contribution is -0.119. The summed E-state index contributed by atoms with van der Waals surface area (Å²) < 4.78 is 5.14. The van der Waals surface area contributed by atoms with Crippen molar-refractivity contribution < 1.29 is 9.53 Å². The summed E-state index contributed by atoms with van der Waals surface area (Å²) in [7, 11) is 3.70. The maximum absolute atomic E-state index is 12.7. The quantitative estimate of drug-likeness (QED) is 0.944. The van der Waals surface area contributed by atoms with Crippen LogP contribution in [-0.2, 0) is 4.79 Å². The van der Waals surface area contributed by atoms with Gasteiger partial charge < -0.3 is 15.0 Å². The van der Waals surface area contributed by atoms with Crippen LogP contribution in [0.2, 0.25) is 0 Å². The second kappa shape index (κ2) is 6.84. The second-order valence-electron chi connectivity index (χ2n) is 6.06. The maximum atomic E-state index is 12.7. The highest BCUT2D eigenvalue weighted by Crippen LogP contribution is 2.32. The Kier molecular flexibility index (Phi) is 4.63. The Balaban J connectivity index is 1.74. The lowest BCUT2D eigenvalue weighted by Crippen LogP contribution is -2.28. The SMILES string of the molecule is COc1ccc(NC(=O)[C@H]2CN(C)C[C@H]2c2ccccc2)cc1. The summed E-state index contributed by atoms with van der Waals surface area (Å²) in [5.74, 6) is 1.06. The Bertz CT molecular complexity index is 655. The van der Waals surface area contributed by atoms with E-state index < -0.39 is 0 Å². The number of nitrogens with zero attached hydrogens (tertiary/aromatic N) is 1. The molecule has 2 atom stereocenters. The van der Waals surface area contributed by atoms with E-state index in [2.05, 4.69) is 29.4 Å². The molecule has 0 aliphatic carbocycles. The molecule has 1 aliphatic heterocycles. The largest absolute Gasteiger partial charge is 0.497 e. The molecule has 1 N–H and O–H groups in total. The number of amides is 1. The first kappa shape index (κ1) is 15.6. The Morgan fingerprint density at radius 1 is 1.09 bits per heavy atom. The molecule has 0 radical (unpaired) electrons. The summed E-state index contributed by atoms with van der Waals surface area (Å²) >= 11 is 0. The topological polar surface area (TPSA) is 41.6 Å². The number of methoxy groups -OCH3 is 1. The molecule has 4 nitrogen and oxygen atoms in total. The number of ether oxygens (including phenoxy) is 1. The number of hydrogen-bond donors (Lipinski definition) is 1. The van der Waals surface area contributed by atoms with E-state index in [0.29, 0.717) is 0 Å². The minimum atomic E-state index is -0.0375. The highest BCUT2D eigenvalue weighted by molar-refractivity contribution is 5.93. The van der Waals surface area contributed by atoms with Gasteiger partial charge in [-0.3, -0.25) is 4.79 Å². The maximum Gasteiger partial charge on any atom is 0.229 e. The van der Waals surface area contributed by atoms with Crippen molar-refractivity contribution in [2.75, 3.05) is 32.6 Å². The standard InChI is InChI=1S/C19H22N2O2/c1-21-12-17(14-6-4-3-5-7-14)18(13-21)19(22)20-15-8-10-16(23-2)11-9-15/h3-11,17-18H,12-13H2,1-2H3,(H,20,22)/t17-,18-/m0/s1. The van der Waals surface area contributed by atoms with Gasteiger partial charge in [0.2, 0.25) is 5.91 Å². The van der Waals surface area contributed by atoms with Crippen molar-refractivity contribution in [1.29, 1.82) is 0 Å². The summed E-state index contributed by atoms with van der Waals surface area (Å²) in [6, 6.07) is 17.7. The minimum absolute atomic E-state index is 0.0375. The van der Waals surface area contributed by atoms with Crippen LogP contribution in [0.25, 0.3) is 0 Å². The van der Waals surface area contributed by atoms with Crippen molar-refractivity contribution in [2.24, 2.45) is 5.92 Å². The van der Waals surface area contributed by atoms with Crippen LogP contribution in [0.5, 0.6) is 5.75 Å². The minimum Gasteiger partial charge on any atom is -0.497 e. The summed E-state index contributed by atoms with van der Waals surface area (Å²) in [6.07, 6.45) is 0. The Labute approximate surface area is 137 Å². The molecule has 0 saturated carbocycles. The van der Waals surface area contributed by atoms with Crippen LogP contribution in [0.15, 0.2) is 54.6 Å². The molecule has 23 heavy (non-hydrogen) atoms. The lowest BCUT2D eigenvalue weighted by atomic mass is 9.88. The number of likely N-dealkylation sites (tertiary alicyclic amines) is 1. The van der Waals surface area contributed by atoms with Gasteiger partial charge in [-0.2, -0.15) is 0 Å². The van der Waals surface area contributed by atoms with Crippen molar-refractivity contribution in [3.8, 4) is 5.75 Å². The molecule has 120 valence electrons. The monoisotopic (exact) mass is 310 g/mol. The first-order valence-corrected chi connectivity index (χ1v) is 7.86. The number of benzene rings is 2. The smallest absolute Gasteiger partial charge is 0.229 e. The highest BCUT2D eigenvalue weighted by atomic mass is 16.5. The fourth-order valence-electron chi connectivity index (χ4n) is 3.21. The molecule has 1 heterocycles.